The Morgan fingerprint density at radius 3 is 3.00 bits per heavy atom. The van der Waals surface area contributed by atoms with Crippen LogP contribution in [0.4, 0.5) is 0 Å². The van der Waals surface area contributed by atoms with Gasteiger partial charge in [-0.05, 0) is 25.3 Å². The van der Waals surface area contributed by atoms with Crippen molar-refractivity contribution in [1.82, 2.24) is 10.2 Å². The number of nitrogens with zero attached hydrogens (tertiary/aromatic N) is 1. The standard InChI is InChI=1S/C12H24N2O3/c1-10-4-6-14(8-11(10)15)9-12(16)13-5-3-7-17-2/h10-11,15H,3-9H2,1-2H3,(H,13,16). The third kappa shape index (κ3) is 5.48. The Labute approximate surface area is 103 Å². The number of methoxy groups -OCH3 is 1. The fourth-order valence-electron chi connectivity index (χ4n) is 1.96. The van der Waals surface area contributed by atoms with Crippen LogP contribution >= 0.6 is 0 Å². The van der Waals surface area contributed by atoms with Crippen molar-refractivity contribution in [2.75, 3.05) is 39.9 Å². The van der Waals surface area contributed by atoms with E-state index in [2.05, 4.69) is 5.32 Å². The van der Waals surface area contributed by atoms with Gasteiger partial charge in [0.2, 0.25) is 5.91 Å². The molecule has 1 rings (SSSR count). The molecule has 5 heteroatoms. The number of aliphatic hydroxyl groups is 1. The van der Waals surface area contributed by atoms with E-state index in [4.69, 9.17) is 4.74 Å². The van der Waals surface area contributed by atoms with E-state index in [-0.39, 0.29) is 12.0 Å². The Morgan fingerprint density at radius 2 is 2.35 bits per heavy atom. The molecule has 5 nitrogen and oxygen atoms in total. The second-order valence-corrected chi connectivity index (χ2v) is 4.76. The Hall–Kier alpha value is -0.650. The molecule has 1 heterocycles. The van der Waals surface area contributed by atoms with Crippen molar-refractivity contribution in [3.8, 4) is 0 Å². The van der Waals surface area contributed by atoms with Gasteiger partial charge in [0.15, 0.2) is 0 Å². The van der Waals surface area contributed by atoms with E-state index in [9.17, 15) is 9.90 Å². The number of nitrogens with one attached hydrogen (secondary N) is 1. The summed E-state index contributed by atoms with van der Waals surface area (Å²) in [5, 5.41) is 12.6. The van der Waals surface area contributed by atoms with Crippen LogP contribution in [0.1, 0.15) is 19.8 Å². The molecule has 0 aliphatic carbocycles. The summed E-state index contributed by atoms with van der Waals surface area (Å²) in [7, 11) is 1.65. The van der Waals surface area contributed by atoms with Crippen LogP contribution in [0.15, 0.2) is 0 Å². The molecule has 1 aliphatic rings. The van der Waals surface area contributed by atoms with Gasteiger partial charge in [-0.25, -0.2) is 0 Å². The van der Waals surface area contributed by atoms with Crippen LogP contribution in [-0.4, -0.2) is 61.9 Å². The topological polar surface area (TPSA) is 61.8 Å². The van der Waals surface area contributed by atoms with E-state index in [0.717, 1.165) is 19.4 Å². The van der Waals surface area contributed by atoms with E-state index in [1.54, 1.807) is 7.11 Å². The zero-order chi connectivity index (χ0) is 12.7. The van der Waals surface area contributed by atoms with Gasteiger partial charge in [0.25, 0.3) is 0 Å². The van der Waals surface area contributed by atoms with Crippen molar-refractivity contribution >= 4 is 5.91 Å². The number of ether oxygens (including phenoxy) is 1. The van der Waals surface area contributed by atoms with Crippen molar-refractivity contribution in [2.45, 2.75) is 25.9 Å². The van der Waals surface area contributed by atoms with E-state index in [1.165, 1.54) is 0 Å². The number of piperidine rings is 1. The number of amides is 1. The normalized spacial score (nSPS) is 25.8. The highest BCUT2D eigenvalue weighted by atomic mass is 16.5. The average Bonchev–Trinajstić information content (AvgIpc) is 2.30. The molecular weight excluding hydrogens is 220 g/mol. The monoisotopic (exact) mass is 244 g/mol. The van der Waals surface area contributed by atoms with E-state index < -0.39 is 0 Å². The largest absolute Gasteiger partial charge is 0.392 e. The first-order valence-corrected chi connectivity index (χ1v) is 6.29. The summed E-state index contributed by atoms with van der Waals surface area (Å²) in [6.07, 6.45) is 1.49. The number of rotatable bonds is 6. The molecule has 100 valence electrons. The van der Waals surface area contributed by atoms with Crippen LogP contribution in [0.25, 0.3) is 0 Å². The number of carbonyl (C=O) groups is 1. The minimum atomic E-state index is -0.301. The maximum atomic E-state index is 11.6. The molecule has 0 aromatic heterocycles. The first-order valence-electron chi connectivity index (χ1n) is 6.29. The first kappa shape index (κ1) is 14.4. The minimum Gasteiger partial charge on any atom is -0.392 e. The molecule has 17 heavy (non-hydrogen) atoms. The van der Waals surface area contributed by atoms with Crippen LogP contribution in [0.5, 0.6) is 0 Å². The fraction of sp³-hybridized carbons (Fsp3) is 0.917. The summed E-state index contributed by atoms with van der Waals surface area (Å²) in [5.41, 5.74) is 0. The minimum absolute atomic E-state index is 0.0304. The molecular formula is C12H24N2O3. The lowest BCUT2D eigenvalue weighted by Gasteiger charge is -2.33. The third-order valence-electron chi connectivity index (χ3n) is 3.22. The van der Waals surface area contributed by atoms with Crippen LogP contribution in [-0.2, 0) is 9.53 Å². The second kappa shape index (κ2) is 7.63. The van der Waals surface area contributed by atoms with Gasteiger partial charge in [0.1, 0.15) is 0 Å². The molecule has 1 fully saturated rings. The van der Waals surface area contributed by atoms with Gasteiger partial charge in [0, 0.05) is 26.8 Å². The van der Waals surface area contributed by atoms with E-state index in [1.807, 2.05) is 11.8 Å². The molecule has 0 spiro atoms. The van der Waals surface area contributed by atoms with Gasteiger partial charge in [-0.1, -0.05) is 6.92 Å². The number of β-amino-alcohol motifs (C(OH)–C–C–N with tert-alkyl or cyclic N) is 1. The quantitative estimate of drug-likeness (QED) is 0.638. The van der Waals surface area contributed by atoms with Crippen molar-refractivity contribution < 1.29 is 14.6 Å². The summed E-state index contributed by atoms with van der Waals surface area (Å²) < 4.78 is 4.90. The van der Waals surface area contributed by atoms with Gasteiger partial charge in [-0.2, -0.15) is 0 Å². The Kier molecular flexibility index (Phi) is 6.47. The number of hydrogen-bond acceptors (Lipinski definition) is 4. The summed E-state index contributed by atoms with van der Waals surface area (Å²) in [5.74, 6) is 0.374. The molecule has 1 amide bonds. The van der Waals surface area contributed by atoms with Crippen LogP contribution in [0, 0.1) is 5.92 Å². The Balaban J connectivity index is 2.14. The second-order valence-electron chi connectivity index (χ2n) is 4.76. The first-order chi connectivity index (χ1) is 8.13. The van der Waals surface area contributed by atoms with Crippen molar-refractivity contribution in [3.63, 3.8) is 0 Å². The Morgan fingerprint density at radius 1 is 1.59 bits per heavy atom. The summed E-state index contributed by atoms with van der Waals surface area (Å²) in [4.78, 5) is 13.6. The molecule has 1 saturated heterocycles. The van der Waals surface area contributed by atoms with Gasteiger partial charge >= 0.3 is 0 Å². The lowest BCUT2D eigenvalue weighted by atomic mass is 9.96. The molecule has 0 radical (unpaired) electrons. The van der Waals surface area contributed by atoms with Gasteiger partial charge in [-0.3, -0.25) is 9.69 Å². The number of hydrogen-bond donors (Lipinski definition) is 2. The summed E-state index contributed by atoms with van der Waals surface area (Å²) in [6, 6.07) is 0. The van der Waals surface area contributed by atoms with E-state index >= 15 is 0 Å². The van der Waals surface area contributed by atoms with Crippen LogP contribution < -0.4 is 5.32 Å². The molecule has 0 saturated carbocycles. The smallest absolute Gasteiger partial charge is 0.234 e. The van der Waals surface area contributed by atoms with Gasteiger partial charge in [0.05, 0.1) is 12.6 Å². The molecule has 2 atom stereocenters. The fourth-order valence-corrected chi connectivity index (χ4v) is 1.96. The van der Waals surface area contributed by atoms with Crippen LogP contribution in [0.3, 0.4) is 0 Å². The Bertz CT molecular complexity index is 236. The van der Waals surface area contributed by atoms with Gasteiger partial charge in [-0.15, -0.1) is 0 Å². The molecule has 0 bridgehead atoms. The van der Waals surface area contributed by atoms with Crippen molar-refractivity contribution in [1.29, 1.82) is 0 Å². The maximum Gasteiger partial charge on any atom is 0.234 e. The zero-order valence-electron chi connectivity index (χ0n) is 10.8. The highest BCUT2D eigenvalue weighted by Crippen LogP contribution is 2.16. The predicted molar refractivity (Wildman–Crippen MR) is 65.7 cm³/mol. The molecule has 2 N–H and O–H groups in total. The summed E-state index contributed by atoms with van der Waals surface area (Å²) in [6.45, 7) is 5.25. The third-order valence-corrected chi connectivity index (χ3v) is 3.22. The molecule has 0 aromatic carbocycles. The lowest BCUT2D eigenvalue weighted by molar-refractivity contribution is -0.123. The molecule has 1 aliphatic heterocycles. The predicted octanol–water partition coefficient (Wildman–Crippen LogP) is -0.158. The van der Waals surface area contributed by atoms with Crippen molar-refractivity contribution in [2.24, 2.45) is 5.92 Å². The van der Waals surface area contributed by atoms with Crippen molar-refractivity contribution in [3.05, 3.63) is 0 Å². The van der Waals surface area contributed by atoms with Crippen LogP contribution in [0.2, 0.25) is 0 Å². The maximum absolute atomic E-state index is 11.6. The highest BCUT2D eigenvalue weighted by molar-refractivity contribution is 5.77. The lowest BCUT2D eigenvalue weighted by Crippen LogP contribution is -2.47. The number of carbonyl (C=O) groups excluding carboxylic acids is 1. The average molecular weight is 244 g/mol. The van der Waals surface area contributed by atoms with Gasteiger partial charge < -0.3 is 15.2 Å². The molecule has 2 unspecified atom stereocenters. The zero-order valence-corrected chi connectivity index (χ0v) is 10.8. The molecule has 0 aromatic rings. The SMILES string of the molecule is COCCCNC(=O)CN1CCC(C)C(O)C1. The van der Waals surface area contributed by atoms with E-state index in [0.29, 0.717) is 32.2 Å². The number of likely N-dealkylation sites (tertiary alicyclic amines) is 1. The number of aliphatic hydroxyl groups excluding tert-OH is 1. The highest BCUT2D eigenvalue weighted by Gasteiger charge is 2.25. The summed E-state index contributed by atoms with van der Waals surface area (Å²) >= 11 is 0.